The number of carbonyl (C=O) groups is 1. The Morgan fingerprint density at radius 2 is 2.43 bits per heavy atom. The highest BCUT2D eigenvalue weighted by molar-refractivity contribution is 5.75. The third kappa shape index (κ3) is 0.889. The molecule has 0 amide bonds. The number of hydrogen-bond donors (Lipinski definition) is 2. The van der Waals surface area contributed by atoms with Gasteiger partial charge in [0.2, 0.25) is 0 Å². The van der Waals surface area contributed by atoms with E-state index in [1.54, 1.807) is 0 Å². The summed E-state index contributed by atoms with van der Waals surface area (Å²) in [6, 6.07) is 3.29. The Kier molecular flexibility index (Phi) is 1.37. The molecule has 1 atom stereocenters. The lowest BCUT2D eigenvalue weighted by molar-refractivity contribution is -0.140. The van der Waals surface area contributed by atoms with Crippen LogP contribution in [0.15, 0.2) is 18.3 Å². The molecule has 1 aromatic rings. The molecule has 1 fully saturated rings. The molecule has 2 N–H and O–H groups in total. The van der Waals surface area contributed by atoms with Gasteiger partial charge in [-0.15, -0.1) is 0 Å². The number of nitrogens with one attached hydrogen (secondary N) is 1. The summed E-state index contributed by atoms with van der Waals surface area (Å²) < 4.78 is 2.14. The Hall–Kier alpha value is -1.29. The molecule has 14 heavy (non-hydrogen) atoms. The fraction of sp³-hybridized carbons (Fsp3) is 0.500. The van der Waals surface area contributed by atoms with E-state index >= 15 is 0 Å². The summed E-state index contributed by atoms with van der Waals surface area (Å²) in [7, 11) is 0. The lowest BCUT2D eigenvalue weighted by atomic mass is 10.1. The van der Waals surface area contributed by atoms with Crippen molar-refractivity contribution in [3.8, 4) is 0 Å². The van der Waals surface area contributed by atoms with Gasteiger partial charge in [0.05, 0.1) is 5.54 Å². The minimum atomic E-state index is -0.791. The van der Waals surface area contributed by atoms with E-state index in [9.17, 15) is 4.79 Å². The quantitative estimate of drug-likeness (QED) is 0.689. The van der Waals surface area contributed by atoms with E-state index in [4.69, 9.17) is 5.11 Å². The van der Waals surface area contributed by atoms with Gasteiger partial charge in [-0.25, -0.2) is 0 Å². The van der Waals surface area contributed by atoms with Crippen LogP contribution in [0.4, 0.5) is 0 Å². The lowest BCUT2D eigenvalue weighted by Gasteiger charge is -2.31. The zero-order valence-electron chi connectivity index (χ0n) is 7.73. The Balaban J connectivity index is 2.08. The largest absolute Gasteiger partial charge is 0.480 e. The van der Waals surface area contributed by atoms with E-state index in [0.717, 1.165) is 25.1 Å². The van der Waals surface area contributed by atoms with Crippen molar-refractivity contribution in [1.29, 1.82) is 0 Å². The molecule has 74 valence electrons. The number of carboxylic acid groups (broad SMARTS) is 1. The van der Waals surface area contributed by atoms with Crippen molar-refractivity contribution >= 4 is 5.97 Å². The zero-order valence-corrected chi connectivity index (χ0v) is 7.73. The van der Waals surface area contributed by atoms with Crippen LogP contribution < -0.4 is 5.32 Å². The molecular formula is C10H12N2O2. The van der Waals surface area contributed by atoms with Crippen molar-refractivity contribution in [3.63, 3.8) is 0 Å². The smallest absolute Gasteiger partial charge is 0.326 e. The first kappa shape index (κ1) is 8.05. The topological polar surface area (TPSA) is 54.3 Å². The van der Waals surface area contributed by atoms with Gasteiger partial charge in [-0.2, -0.15) is 0 Å². The summed E-state index contributed by atoms with van der Waals surface area (Å²) in [5.74, 6) is -0.791. The highest BCUT2D eigenvalue weighted by Crippen LogP contribution is 2.47. The number of nitrogens with zero attached hydrogens (tertiary/aromatic N) is 1. The van der Waals surface area contributed by atoms with Gasteiger partial charge in [-0.3, -0.25) is 10.1 Å². The number of aromatic nitrogens is 1. The maximum absolute atomic E-state index is 11.0. The van der Waals surface area contributed by atoms with Crippen LogP contribution in [0.25, 0.3) is 0 Å². The molecule has 1 spiro atoms. The predicted molar refractivity (Wildman–Crippen MR) is 50.0 cm³/mol. The zero-order chi connectivity index (χ0) is 9.76. The molecule has 2 aliphatic rings. The van der Waals surface area contributed by atoms with Crippen LogP contribution >= 0.6 is 0 Å². The predicted octanol–water partition coefficient (Wildman–Crippen LogP) is 0.706. The van der Waals surface area contributed by atoms with E-state index in [-0.39, 0.29) is 5.54 Å². The molecule has 0 aromatic carbocycles. The van der Waals surface area contributed by atoms with Gasteiger partial charge in [0.25, 0.3) is 0 Å². The van der Waals surface area contributed by atoms with Gasteiger partial charge in [-0.1, -0.05) is 0 Å². The van der Waals surface area contributed by atoms with Gasteiger partial charge in [0, 0.05) is 18.4 Å². The maximum Gasteiger partial charge on any atom is 0.326 e. The molecule has 4 nitrogen and oxygen atoms in total. The Labute approximate surface area is 81.5 Å². The number of rotatable bonds is 1. The van der Waals surface area contributed by atoms with Crippen molar-refractivity contribution in [1.82, 2.24) is 9.88 Å². The average molecular weight is 192 g/mol. The Morgan fingerprint density at radius 3 is 3.07 bits per heavy atom. The van der Waals surface area contributed by atoms with E-state index in [0.29, 0.717) is 0 Å². The van der Waals surface area contributed by atoms with Gasteiger partial charge < -0.3 is 9.67 Å². The van der Waals surface area contributed by atoms with E-state index in [1.807, 2.05) is 18.3 Å². The second-order valence-electron chi connectivity index (χ2n) is 4.18. The van der Waals surface area contributed by atoms with Gasteiger partial charge >= 0.3 is 5.97 Å². The summed E-state index contributed by atoms with van der Waals surface area (Å²) in [6.45, 7) is 0.783. The van der Waals surface area contributed by atoms with Crippen molar-refractivity contribution in [2.75, 3.05) is 6.54 Å². The summed E-state index contributed by atoms with van der Waals surface area (Å²) in [5, 5.41) is 12.1. The van der Waals surface area contributed by atoms with Crippen LogP contribution in [0, 0.1) is 0 Å². The molecule has 0 unspecified atom stereocenters. The first-order valence-electron chi connectivity index (χ1n) is 4.87. The standard InChI is InChI=1S/C10H12N2O2/c13-9(14)8-7-2-1-5-12(7)10(3-4-10)6-11-8/h1-2,5,8,11H,3-4,6H2,(H,13,14)/t8-/m0/s1. The minimum Gasteiger partial charge on any atom is -0.480 e. The number of aliphatic carboxylic acids is 1. The normalized spacial score (nSPS) is 27.3. The lowest BCUT2D eigenvalue weighted by Crippen LogP contribution is -2.44. The molecule has 1 aliphatic carbocycles. The monoisotopic (exact) mass is 192 g/mol. The van der Waals surface area contributed by atoms with Crippen LogP contribution in [0.3, 0.4) is 0 Å². The van der Waals surface area contributed by atoms with Crippen LogP contribution in [-0.4, -0.2) is 22.2 Å². The summed E-state index contributed by atoms with van der Waals surface area (Å²) in [4.78, 5) is 11.0. The molecule has 1 aromatic heterocycles. The SMILES string of the molecule is O=C(O)[C@H]1NCC2(CC2)n2cccc21. The Bertz CT molecular complexity index is 393. The molecular weight excluding hydrogens is 180 g/mol. The molecule has 0 radical (unpaired) electrons. The van der Waals surface area contributed by atoms with Crippen LogP contribution in [-0.2, 0) is 10.3 Å². The molecule has 1 saturated carbocycles. The van der Waals surface area contributed by atoms with E-state index in [2.05, 4.69) is 9.88 Å². The first-order chi connectivity index (χ1) is 6.73. The fourth-order valence-corrected chi connectivity index (χ4v) is 2.32. The molecule has 1 aliphatic heterocycles. The van der Waals surface area contributed by atoms with E-state index < -0.39 is 12.0 Å². The van der Waals surface area contributed by atoms with Crippen LogP contribution in [0.5, 0.6) is 0 Å². The van der Waals surface area contributed by atoms with Crippen LogP contribution in [0.1, 0.15) is 24.6 Å². The molecule has 3 rings (SSSR count). The highest BCUT2D eigenvalue weighted by atomic mass is 16.4. The first-order valence-corrected chi connectivity index (χ1v) is 4.87. The average Bonchev–Trinajstić information content (AvgIpc) is 2.75. The minimum absolute atomic E-state index is 0.199. The van der Waals surface area contributed by atoms with E-state index in [1.165, 1.54) is 0 Å². The van der Waals surface area contributed by atoms with Crippen molar-refractivity contribution in [3.05, 3.63) is 24.0 Å². The van der Waals surface area contributed by atoms with Crippen molar-refractivity contribution in [2.45, 2.75) is 24.4 Å². The number of hydrogen-bond acceptors (Lipinski definition) is 2. The van der Waals surface area contributed by atoms with Gasteiger partial charge in [0.1, 0.15) is 6.04 Å². The van der Waals surface area contributed by atoms with Crippen molar-refractivity contribution < 1.29 is 9.90 Å². The highest BCUT2D eigenvalue weighted by Gasteiger charge is 2.49. The summed E-state index contributed by atoms with van der Waals surface area (Å²) >= 11 is 0. The van der Waals surface area contributed by atoms with Crippen LogP contribution in [0.2, 0.25) is 0 Å². The van der Waals surface area contributed by atoms with Gasteiger partial charge in [-0.05, 0) is 25.0 Å². The molecule has 0 saturated heterocycles. The second-order valence-corrected chi connectivity index (χ2v) is 4.18. The molecule has 4 heteroatoms. The number of carboxylic acids is 1. The fourth-order valence-electron chi connectivity index (χ4n) is 2.32. The molecule has 2 heterocycles. The third-order valence-corrected chi connectivity index (χ3v) is 3.30. The Morgan fingerprint density at radius 1 is 1.64 bits per heavy atom. The molecule has 0 bridgehead atoms. The van der Waals surface area contributed by atoms with Crippen molar-refractivity contribution in [2.24, 2.45) is 0 Å². The third-order valence-electron chi connectivity index (χ3n) is 3.30. The second kappa shape index (κ2) is 2.39. The van der Waals surface area contributed by atoms with Gasteiger partial charge in [0.15, 0.2) is 0 Å². The number of fused-ring (bicyclic) bond motifs is 2. The maximum atomic E-state index is 11.0. The summed E-state index contributed by atoms with van der Waals surface area (Å²) in [5.41, 5.74) is 1.09. The summed E-state index contributed by atoms with van der Waals surface area (Å²) in [6.07, 6.45) is 4.32.